The van der Waals surface area contributed by atoms with Gasteiger partial charge in [0.2, 0.25) is 0 Å². The van der Waals surface area contributed by atoms with Gasteiger partial charge >= 0.3 is 0 Å². The van der Waals surface area contributed by atoms with Crippen LogP contribution in [0.2, 0.25) is 10.3 Å². The average molecular weight is 325 g/mol. The monoisotopic (exact) mass is 324 g/mol. The molecule has 0 fully saturated rings. The van der Waals surface area contributed by atoms with Crippen LogP contribution in [0, 0.1) is 0 Å². The summed E-state index contributed by atoms with van der Waals surface area (Å²) in [7, 11) is 3.32. The van der Waals surface area contributed by atoms with Crippen molar-refractivity contribution in [2.45, 2.75) is 6.54 Å². The number of pyridine rings is 1. The first kappa shape index (κ1) is 15.6. The maximum atomic E-state index is 12.4. The summed E-state index contributed by atoms with van der Waals surface area (Å²) < 4.78 is 5.17. The predicted molar refractivity (Wildman–Crippen MR) is 83.0 cm³/mol. The van der Waals surface area contributed by atoms with E-state index in [2.05, 4.69) is 4.98 Å². The molecular weight excluding hydrogens is 311 g/mol. The summed E-state index contributed by atoms with van der Waals surface area (Å²) in [5, 5.41) is 0.390. The molecule has 0 saturated heterocycles. The molecule has 21 heavy (non-hydrogen) atoms. The molecule has 1 aromatic heterocycles. The molecule has 0 bridgehead atoms. The number of ether oxygens (including phenoxy) is 1. The first-order valence-electron chi connectivity index (χ1n) is 6.21. The fraction of sp³-hybridized carbons (Fsp3) is 0.200. The molecule has 0 unspecified atom stereocenters. The third-order valence-electron chi connectivity index (χ3n) is 2.91. The summed E-state index contributed by atoms with van der Waals surface area (Å²) in [6.07, 6.45) is 0. The molecule has 0 aliphatic rings. The van der Waals surface area contributed by atoms with E-state index in [0.29, 0.717) is 12.1 Å². The van der Waals surface area contributed by atoms with Crippen LogP contribution in [0.15, 0.2) is 36.4 Å². The first-order chi connectivity index (χ1) is 9.99. The Balaban J connectivity index is 2.15. The molecule has 0 spiro atoms. The summed E-state index contributed by atoms with van der Waals surface area (Å²) in [5.74, 6) is 0.576. The number of halogens is 2. The van der Waals surface area contributed by atoms with Crippen molar-refractivity contribution < 1.29 is 9.53 Å². The Hall–Kier alpha value is -1.78. The number of amides is 1. The third kappa shape index (κ3) is 4.09. The van der Waals surface area contributed by atoms with Gasteiger partial charge in [0.25, 0.3) is 5.91 Å². The van der Waals surface area contributed by atoms with Gasteiger partial charge in [0.05, 0.1) is 7.11 Å². The van der Waals surface area contributed by atoms with Gasteiger partial charge in [-0.1, -0.05) is 35.3 Å². The van der Waals surface area contributed by atoms with Gasteiger partial charge in [-0.05, 0) is 29.8 Å². The zero-order valence-corrected chi connectivity index (χ0v) is 13.1. The lowest BCUT2D eigenvalue weighted by atomic mass is 10.2. The number of carbonyl (C=O) groups is 1. The second kappa shape index (κ2) is 6.78. The SMILES string of the molecule is COc1cccc(CN(C)C(=O)c2cc(Cl)nc(Cl)c2)c1. The Morgan fingerprint density at radius 1 is 1.24 bits per heavy atom. The van der Waals surface area contributed by atoms with Crippen LogP contribution < -0.4 is 4.74 Å². The zero-order valence-electron chi connectivity index (χ0n) is 11.6. The molecule has 110 valence electrons. The number of methoxy groups -OCH3 is 1. The Morgan fingerprint density at radius 3 is 2.52 bits per heavy atom. The molecular formula is C15H14Cl2N2O2. The molecule has 4 nitrogen and oxygen atoms in total. The van der Waals surface area contributed by atoms with Crippen LogP contribution in [0.5, 0.6) is 5.75 Å². The molecule has 2 rings (SSSR count). The first-order valence-corrected chi connectivity index (χ1v) is 6.96. The van der Waals surface area contributed by atoms with E-state index in [1.165, 1.54) is 12.1 Å². The van der Waals surface area contributed by atoms with Gasteiger partial charge in [0.15, 0.2) is 0 Å². The van der Waals surface area contributed by atoms with Gasteiger partial charge in [-0.25, -0.2) is 4.98 Å². The van der Waals surface area contributed by atoms with Crippen molar-refractivity contribution in [1.29, 1.82) is 0 Å². The second-order valence-corrected chi connectivity index (χ2v) is 5.29. The van der Waals surface area contributed by atoms with Crippen LogP contribution >= 0.6 is 23.2 Å². The van der Waals surface area contributed by atoms with Gasteiger partial charge in [-0.15, -0.1) is 0 Å². The van der Waals surface area contributed by atoms with Crippen molar-refractivity contribution in [2.24, 2.45) is 0 Å². The minimum atomic E-state index is -0.177. The van der Waals surface area contributed by atoms with Crippen LogP contribution in [0.1, 0.15) is 15.9 Å². The summed E-state index contributed by atoms with van der Waals surface area (Å²) in [6.45, 7) is 0.452. The number of carbonyl (C=O) groups excluding carboxylic acids is 1. The van der Waals surface area contributed by atoms with Crippen LogP contribution in [0.4, 0.5) is 0 Å². The number of nitrogens with zero attached hydrogens (tertiary/aromatic N) is 2. The van der Waals surface area contributed by atoms with Crippen LogP contribution in [0.3, 0.4) is 0 Å². The number of hydrogen-bond donors (Lipinski definition) is 0. The van der Waals surface area contributed by atoms with Crippen LogP contribution in [0.25, 0.3) is 0 Å². The highest BCUT2D eigenvalue weighted by Gasteiger charge is 2.14. The van der Waals surface area contributed by atoms with E-state index in [9.17, 15) is 4.79 Å². The van der Waals surface area contributed by atoms with Crippen LogP contribution in [-0.4, -0.2) is 29.9 Å². The van der Waals surface area contributed by atoms with Crippen molar-refractivity contribution in [2.75, 3.05) is 14.2 Å². The van der Waals surface area contributed by atoms with Crippen LogP contribution in [-0.2, 0) is 6.54 Å². The quantitative estimate of drug-likeness (QED) is 0.806. The van der Waals surface area contributed by atoms with Gasteiger partial charge in [-0.3, -0.25) is 4.79 Å². The Labute approximate surface area is 133 Å². The zero-order chi connectivity index (χ0) is 15.4. The smallest absolute Gasteiger partial charge is 0.254 e. The molecule has 2 aromatic rings. The largest absolute Gasteiger partial charge is 0.497 e. The highest BCUT2D eigenvalue weighted by Crippen LogP contribution is 2.18. The summed E-state index contributed by atoms with van der Waals surface area (Å²) >= 11 is 11.6. The van der Waals surface area contributed by atoms with E-state index in [0.717, 1.165) is 11.3 Å². The minimum Gasteiger partial charge on any atom is -0.497 e. The Morgan fingerprint density at radius 2 is 1.90 bits per heavy atom. The van der Waals surface area contributed by atoms with Crippen molar-refractivity contribution in [3.63, 3.8) is 0 Å². The van der Waals surface area contributed by atoms with Crippen molar-refractivity contribution >= 4 is 29.1 Å². The number of rotatable bonds is 4. The van der Waals surface area contributed by atoms with E-state index in [4.69, 9.17) is 27.9 Å². The lowest BCUT2D eigenvalue weighted by Crippen LogP contribution is -2.26. The maximum absolute atomic E-state index is 12.4. The van der Waals surface area contributed by atoms with E-state index in [1.807, 2.05) is 24.3 Å². The Bertz CT molecular complexity index is 642. The third-order valence-corrected chi connectivity index (χ3v) is 3.30. The molecule has 0 atom stereocenters. The fourth-order valence-corrected chi connectivity index (χ4v) is 2.39. The van der Waals surface area contributed by atoms with Gasteiger partial charge in [0.1, 0.15) is 16.1 Å². The van der Waals surface area contributed by atoms with E-state index < -0.39 is 0 Å². The molecule has 1 heterocycles. The number of hydrogen-bond acceptors (Lipinski definition) is 3. The number of benzene rings is 1. The molecule has 6 heteroatoms. The molecule has 1 aromatic carbocycles. The molecule has 0 aliphatic carbocycles. The molecule has 0 radical (unpaired) electrons. The van der Waals surface area contributed by atoms with Crippen molar-refractivity contribution in [3.05, 3.63) is 57.8 Å². The van der Waals surface area contributed by atoms with Gasteiger partial charge < -0.3 is 9.64 Å². The van der Waals surface area contributed by atoms with E-state index >= 15 is 0 Å². The molecule has 0 N–H and O–H groups in total. The fourth-order valence-electron chi connectivity index (χ4n) is 1.93. The highest BCUT2D eigenvalue weighted by molar-refractivity contribution is 6.33. The summed E-state index contributed by atoms with van der Waals surface area (Å²) in [5.41, 5.74) is 1.38. The van der Waals surface area contributed by atoms with Crippen molar-refractivity contribution in [1.82, 2.24) is 9.88 Å². The van der Waals surface area contributed by atoms with Crippen molar-refractivity contribution in [3.8, 4) is 5.75 Å². The standard InChI is InChI=1S/C15H14Cl2N2O2/c1-19(9-10-4-3-5-12(6-10)21-2)15(20)11-7-13(16)18-14(17)8-11/h3-8H,9H2,1-2H3. The molecule has 0 saturated carbocycles. The molecule has 0 aliphatic heterocycles. The highest BCUT2D eigenvalue weighted by atomic mass is 35.5. The molecule has 1 amide bonds. The summed E-state index contributed by atoms with van der Waals surface area (Å²) in [4.78, 5) is 17.8. The topological polar surface area (TPSA) is 42.4 Å². The Kier molecular flexibility index (Phi) is 5.04. The van der Waals surface area contributed by atoms with E-state index in [-0.39, 0.29) is 16.2 Å². The summed E-state index contributed by atoms with van der Waals surface area (Å²) in [6, 6.07) is 10.5. The normalized spacial score (nSPS) is 10.3. The van der Waals surface area contributed by atoms with Gasteiger partial charge in [0, 0.05) is 19.2 Å². The minimum absolute atomic E-state index is 0.177. The second-order valence-electron chi connectivity index (χ2n) is 4.51. The van der Waals surface area contributed by atoms with E-state index in [1.54, 1.807) is 19.1 Å². The maximum Gasteiger partial charge on any atom is 0.254 e. The van der Waals surface area contributed by atoms with Gasteiger partial charge in [-0.2, -0.15) is 0 Å². The predicted octanol–water partition coefficient (Wildman–Crippen LogP) is 3.67. The lowest BCUT2D eigenvalue weighted by molar-refractivity contribution is 0.0785. The number of aromatic nitrogens is 1. The lowest BCUT2D eigenvalue weighted by Gasteiger charge is -2.18. The average Bonchev–Trinajstić information content (AvgIpc) is 2.45.